The van der Waals surface area contributed by atoms with Gasteiger partial charge >= 0.3 is 0 Å². The topological polar surface area (TPSA) is 37.6 Å². The Morgan fingerprint density at radius 1 is 1.14 bits per heavy atom. The summed E-state index contributed by atoms with van der Waals surface area (Å²) < 4.78 is 0. The van der Waals surface area contributed by atoms with E-state index in [1.165, 1.54) is 9.80 Å². The molecular weight excluding hydrogens is 390 g/mol. The highest BCUT2D eigenvalue weighted by Gasteiger charge is 2.25. The maximum atomic E-state index is 12.6. The summed E-state index contributed by atoms with van der Waals surface area (Å²) >= 11 is 8.18. The van der Waals surface area contributed by atoms with Crippen LogP contribution in [0.15, 0.2) is 59.5 Å². The number of nitrogens with zero attached hydrogens (tertiary/aromatic N) is 2. The number of benzene rings is 2. The first kappa shape index (κ1) is 19.2. The Labute approximate surface area is 174 Å². The van der Waals surface area contributed by atoms with Gasteiger partial charge in [0.05, 0.1) is 31.7 Å². The summed E-state index contributed by atoms with van der Waals surface area (Å²) in [6.45, 7) is 4.19. The van der Waals surface area contributed by atoms with Gasteiger partial charge in [0.2, 0.25) is 0 Å². The number of rotatable bonds is 4. The van der Waals surface area contributed by atoms with Crippen LogP contribution in [-0.2, 0) is 6.54 Å². The molecule has 6 heteroatoms. The van der Waals surface area contributed by atoms with Crippen molar-refractivity contribution in [2.75, 3.05) is 32.4 Å². The Kier molecular flexibility index (Phi) is 5.85. The lowest BCUT2D eigenvalue weighted by Gasteiger charge is -2.32. The van der Waals surface area contributed by atoms with Crippen molar-refractivity contribution < 1.29 is 9.69 Å². The minimum absolute atomic E-state index is 0.120. The molecule has 1 saturated heterocycles. The highest BCUT2D eigenvalue weighted by Crippen LogP contribution is 2.24. The SMILES string of the molecule is CSc1ccc2cc(C[NH+]3CCN(C(=O)c4ccccc4)CC3)c(Cl)nc2c1. The molecule has 0 atom stereocenters. The van der Waals surface area contributed by atoms with Crippen LogP contribution in [0.3, 0.4) is 0 Å². The molecule has 0 aliphatic carbocycles. The third-order valence-corrected chi connectivity index (χ3v) is 6.32. The summed E-state index contributed by atoms with van der Waals surface area (Å²) in [5.74, 6) is 0.120. The Bertz CT molecular complexity index is 988. The van der Waals surface area contributed by atoms with Crippen LogP contribution in [0.4, 0.5) is 0 Å². The van der Waals surface area contributed by atoms with E-state index in [0.717, 1.165) is 54.8 Å². The second-order valence-electron chi connectivity index (χ2n) is 7.08. The van der Waals surface area contributed by atoms with Gasteiger partial charge in [0.1, 0.15) is 11.7 Å². The van der Waals surface area contributed by atoms with Gasteiger partial charge in [0, 0.05) is 21.4 Å². The zero-order valence-electron chi connectivity index (χ0n) is 15.8. The minimum atomic E-state index is 0.120. The third-order valence-electron chi connectivity index (χ3n) is 5.27. The lowest BCUT2D eigenvalue weighted by molar-refractivity contribution is -0.917. The number of carbonyl (C=O) groups is 1. The summed E-state index contributed by atoms with van der Waals surface area (Å²) in [5, 5.41) is 1.70. The molecule has 0 radical (unpaired) electrons. The molecule has 1 fully saturated rings. The molecule has 0 saturated carbocycles. The number of pyridine rings is 1. The number of hydrogen-bond donors (Lipinski definition) is 1. The molecule has 0 bridgehead atoms. The van der Waals surface area contributed by atoms with Crippen LogP contribution in [0.5, 0.6) is 0 Å². The maximum absolute atomic E-state index is 12.6. The van der Waals surface area contributed by atoms with E-state index in [1.807, 2.05) is 35.2 Å². The number of nitrogens with one attached hydrogen (secondary N) is 1. The van der Waals surface area contributed by atoms with Gasteiger partial charge in [0.25, 0.3) is 5.91 Å². The fourth-order valence-corrected chi connectivity index (χ4v) is 4.30. The number of halogens is 1. The fourth-order valence-electron chi connectivity index (χ4n) is 3.65. The van der Waals surface area contributed by atoms with Crippen LogP contribution in [0.25, 0.3) is 10.9 Å². The number of hydrogen-bond acceptors (Lipinski definition) is 3. The zero-order chi connectivity index (χ0) is 19.5. The van der Waals surface area contributed by atoms with Gasteiger partial charge in [-0.05, 0) is 36.6 Å². The Morgan fingerprint density at radius 2 is 1.89 bits per heavy atom. The van der Waals surface area contributed by atoms with Crippen LogP contribution < -0.4 is 4.90 Å². The van der Waals surface area contributed by atoms with Crippen LogP contribution in [0, 0.1) is 0 Å². The molecule has 1 aliphatic rings. The first-order chi connectivity index (χ1) is 13.6. The molecule has 0 unspecified atom stereocenters. The van der Waals surface area contributed by atoms with Crippen molar-refractivity contribution in [2.24, 2.45) is 0 Å². The molecule has 1 N–H and O–H groups in total. The standard InChI is InChI=1S/C22H22ClN3OS/c1-28-19-8-7-17-13-18(21(23)24-20(17)14-19)15-25-9-11-26(12-10-25)22(27)16-5-3-2-4-6-16/h2-8,13-14H,9-12,15H2,1H3/p+1. The number of thioether (sulfide) groups is 1. The first-order valence-corrected chi connectivity index (χ1v) is 11.1. The van der Waals surface area contributed by atoms with Crippen molar-refractivity contribution in [1.82, 2.24) is 9.88 Å². The fraction of sp³-hybridized carbons (Fsp3) is 0.273. The summed E-state index contributed by atoms with van der Waals surface area (Å²) in [5.41, 5.74) is 2.77. The van der Waals surface area contributed by atoms with Gasteiger partial charge in [-0.15, -0.1) is 11.8 Å². The van der Waals surface area contributed by atoms with E-state index in [4.69, 9.17) is 11.6 Å². The quantitative estimate of drug-likeness (QED) is 0.528. The van der Waals surface area contributed by atoms with Crippen molar-refractivity contribution in [3.05, 3.63) is 70.9 Å². The average molecular weight is 413 g/mol. The summed E-state index contributed by atoms with van der Waals surface area (Å²) in [6.07, 6.45) is 2.06. The predicted molar refractivity (Wildman–Crippen MR) is 115 cm³/mol. The van der Waals surface area contributed by atoms with Gasteiger partial charge < -0.3 is 9.80 Å². The maximum Gasteiger partial charge on any atom is 0.254 e. The van der Waals surface area contributed by atoms with E-state index in [-0.39, 0.29) is 5.91 Å². The summed E-state index contributed by atoms with van der Waals surface area (Å²) in [7, 11) is 0. The Balaban J connectivity index is 1.42. The number of piperazine rings is 1. The van der Waals surface area contributed by atoms with Gasteiger partial charge in [-0.25, -0.2) is 4.98 Å². The van der Waals surface area contributed by atoms with Gasteiger partial charge in [-0.2, -0.15) is 0 Å². The number of amides is 1. The van der Waals surface area contributed by atoms with Crippen LogP contribution >= 0.6 is 23.4 Å². The second kappa shape index (κ2) is 8.52. The van der Waals surface area contributed by atoms with Crippen molar-refractivity contribution in [3.8, 4) is 0 Å². The first-order valence-electron chi connectivity index (χ1n) is 9.45. The zero-order valence-corrected chi connectivity index (χ0v) is 17.4. The number of carbonyl (C=O) groups excluding carboxylic acids is 1. The molecular formula is C22H23ClN3OS+. The normalized spacial score (nSPS) is 15.1. The molecule has 2 aromatic carbocycles. The van der Waals surface area contributed by atoms with Gasteiger partial charge in [0.15, 0.2) is 0 Å². The van der Waals surface area contributed by atoms with E-state index >= 15 is 0 Å². The average Bonchev–Trinajstić information content (AvgIpc) is 2.74. The third kappa shape index (κ3) is 4.17. The molecule has 0 spiro atoms. The molecule has 144 valence electrons. The van der Waals surface area contributed by atoms with Crippen molar-refractivity contribution >= 4 is 40.2 Å². The number of quaternary nitrogens is 1. The minimum Gasteiger partial charge on any atom is -0.328 e. The van der Waals surface area contributed by atoms with E-state index < -0.39 is 0 Å². The lowest BCUT2D eigenvalue weighted by Crippen LogP contribution is -3.13. The van der Waals surface area contributed by atoms with Crippen LogP contribution in [0.1, 0.15) is 15.9 Å². The van der Waals surface area contributed by atoms with Crippen molar-refractivity contribution in [1.29, 1.82) is 0 Å². The lowest BCUT2D eigenvalue weighted by atomic mass is 10.1. The second-order valence-corrected chi connectivity index (χ2v) is 8.32. The Morgan fingerprint density at radius 3 is 2.61 bits per heavy atom. The molecule has 1 amide bonds. The number of aromatic nitrogens is 1. The molecule has 3 aromatic rings. The van der Waals surface area contributed by atoms with E-state index in [2.05, 4.69) is 35.5 Å². The molecule has 1 aliphatic heterocycles. The van der Waals surface area contributed by atoms with E-state index in [0.29, 0.717) is 5.15 Å². The molecule has 2 heterocycles. The van der Waals surface area contributed by atoms with Crippen molar-refractivity contribution in [3.63, 3.8) is 0 Å². The highest BCUT2D eigenvalue weighted by molar-refractivity contribution is 7.98. The summed E-state index contributed by atoms with van der Waals surface area (Å²) in [6, 6.07) is 18.0. The largest absolute Gasteiger partial charge is 0.328 e. The van der Waals surface area contributed by atoms with Gasteiger partial charge in [-0.3, -0.25) is 4.79 Å². The van der Waals surface area contributed by atoms with Crippen LogP contribution in [0.2, 0.25) is 5.15 Å². The van der Waals surface area contributed by atoms with Gasteiger partial charge in [-0.1, -0.05) is 35.9 Å². The molecule has 28 heavy (non-hydrogen) atoms. The molecule has 4 nitrogen and oxygen atoms in total. The number of fused-ring (bicyclic) bond motifs is 1. The smallest absolute Gasteiger partial charge is 0.254 e. The molecule has 4 rings (SSSR count). The Hall–Kier alpha value is -2.08. The van der Waals surface area contributed by atoms with E-state index in [1.54, 1.807) is 11.8 Å². The predicted octanol–water partition coefficient (Wildman–Crippen LogP) is 3.15. The summed E-state index contributed by atoms with van der Waals surface area (Å²) in [4.78, 5) is 21.8. The van der Waals surface area contributed by atoms with E-state index in [9.17, 15) is 4.79 Å². The monoisotopic (exact) mass is 412 g/mol. The highest BCUT2D eigenvalue weighted by atomic mass is 35.5. The van der Waals surface area contributed by atoms with Crippen molar-refractivity contribution in [2.45, 2.75) is 11.4 Å². The van der Waals surface area contributed by atoms with Crippen LogP contribution in [-0.4, -0.2) is 48.2 Å². The molecule has 1 aromatic heterocycles.